The fraction of sp³-hybridized carbons (Fsp3) is 0.462. The summed E-state index contributed by atoms with van der Waals surface area (Å²) in [7, 11) is 0. The lowest BCUT2D eigenvalue weighted by molar-refractivity contribution is 0.00822. The molecule has 1 heterocycles. The lowest BCUT2D eigenvalue weighted by atomic mass is 9.98. The van der Waals surface area contributed by atoms with Crippen LogP contribution in [0.5, 0.6) is 0 Å². The van der Waals surface area contributed by atoms with Crippen molar-refractivity contribution in [1.29, 1.82) is 0 Å². The Morgan fingerprint density at radius 3 is 2.94 bits per heavy atom. The molecule has 4 nitrogen and oxygen atoms in total. The lowest BCUT2D eigenvalue weighted by Gasteiger charge is -2.17. The zero-order valence-electron chi connectivity index (χ0n) is 9.52. The van der Waals surface area contributed by atoms with Crippen LogP contribution in [0.15, 0.2) is 30.3 Å². The van der Waals surface area contributed by atoms with Crippen molar-refractivity contribution in [3.63, 3.8) is 0 Å². The van der Waals surface area contributed by atoms with Gasteiger partial charge in [-0.3, -0.25) is 5.32 Å². The van der Waals surface area contributed by atoms with E-state index in [0.29, 0.717) is 0 Å². The van der Waals surface area contributed by atoms with Crippen LogP contribution in [-0.4, -0.2) is 18.0 Å². The minimum atomic E-state index is -0.614. The molecule has 1 N–H and O–H groups in total. The van der Waals surface area contributed by atoms with Gasteiger partial charge in [0.2, 0.25) is 5.79 Å². The predicted molar refractivity (Wildman–Crippen MR) is 62.6 cm³/mol. The summed E-state index contributed by atoms with van der Waals surface area (Å²) in [5, 5.41) is 2.70. The Hall–Kier alpha value is -1.55. The molecule has 17 heavy (non-hydrogen) atoms. The molecule has 2 atom stereocenters. The van der Waals surface area contributed by atoms with Crippen molar-refractivity contribution in [2.75, 3.05) is 5.32 Å². The standard InChI is InChI=1S/C13H15NO3/c15-12(14-10-6-2-1-3-7-10)17-13-9-5-4-8-11(13)16-13/h1-3,6-7,11H,4-5,8-9H2,(H,14,15)/t11-,13-/m1/s1. The Balaban J connectivity index is 1.58. The van der Waals surface area contributed by atoms with Crippen molar-refractivity contribution in [3.05, 3.63) is 30.3 Å². The first-order chi connectivity index (χ1) is 8.28. The average molecular weight is 233 g/mol. The molecule has 1 amide bonds. The van der Waals surface area contributed by atoms with Crippen LogP contribution in [0.2, 0.25) is 0 Å². The normalized spacial score (nSPS) is 30.2. The number of amides is 1. The number of rotatable bonds is 2. The molecule has 1 aliphatic heterocycles. The van der Waals surface area contributed by atoms with Crippen LogP contribution < -0.4 is 5.32 Å². The molecule has 0 bridgehead atoms. The summed E-state index contributed by atoms with van der Waals surface area (Å²) in [5.41, 5.74) is 0.738. The third-order valence-electron chi connectivity index (χ3n) is 3.30. The number of fused-ring (bicyclic) bond motifs is 1. The number of ether oxygens (including phenoxy) is 2. The second kappa shape index (κ2) is 4.04. The van der Waals surface area contributed by atoms with Gasteiger partial charge in [-0.1, -0.05) is 24.6 Å². The molecule has 1 saturated heterocycles. The Labute approximate surface area is 99.9 Å². The number of para-hydroxylation sites is 1. The van der Waals surface area contributed by atoms with Gasteiger partial charge in [0.15, 0.2) is 0 Å². The zero-order valence-corrected chi connectivity index (χ0v) is 9.52. The Morgan fingerprint density at radius 2 is 2.18 bits per heavy atom. The van der Waals surface area contributed by atoms with E-state index in [2.05, 4.69) is 5.32 Å². The zero-order chi connectivity index (χ0) is 11.7. The van der Waals surface area contributed by atoms with Gasteiger partial charge in [0, 0.05) is 12.1 Å². The predicted octanol–water partition coefficient (Wildman–Crippen LogP) is 2.90. The van der Waals surface area contributed by atoms with E-state index in [4.69, 9.17) is 9.47 Å². The molecule has 2 fully saturated rings. The van der Waals surface area contributed by atoms with Gasteiger partial charge in [0.1, 0.15) is 6.10 Å². The van der Waals surface area contributed by atoms with E-state index in [1.54, 1.807) is 0 Å². The van der Waals surface area contributed by atoms with Crippen LogP contribution in [0, 0.1) is 0 Å². The smallest absolute Gasteiger partial charge is 0.414 e. The van der Waals surface area contributed by atoms with Gasteiger partial charge < -0.3 is 9.47 Å². The topological polar surface area (TPSA) is 50.9 Å². The fourth-order valence-electron chi connectivity index (χ4n) is 2.37. The molecular formula is C13H15NO3. The number of nitrogens with one attached hydrogen (secondary N) is 1. The summed E-state index contributed by atoms with van der Waals surface area (Å²) >= 11 is 0. The molecule has 0 radical (unpaired) electrons. The first-order valence-electron chi connectivity index (χ1n) is 6.01. The number of benzene rings is 1. The molecule has 0 unspecified atom stereocenters. The van der Waals surface area contributed by atoms with Gasteiger partial charge in [0.05, 0.1) is 0 Å². The molecule has 90 valence electrons. The molecule has 2 aliphatic rings. The number of carbonyl (C=O) groups excluding carboxylic acids is 1. The molecule has 1 aliphatic carbocycles. The van der Waals surface area contributed by atoms with Crippen molar-refractivity contribution in [3.8, 4) is 0 Å². The number of anilines is 1. The van der Waals surface area contributed by atoms with Crippen LogP contribution in [0.1, 0.15) is 25.7 Å². The van der Waals surface area contributed by atoms with Crippen LogP contribution >= 0.6 is 0 Å². The summed E-state index contributed by atoms with van der Waals surface area (Å²) < 4.78 is 10.9. The Kier molecular flexibility index (Phi) is 2.52. The SMILES string of the molecule is O=C(Nc1ccccc1)O[C@]12CCCC[C@H]1O2. The number of carbonyl (C=O) groups is 1. The number of hydrogen-bond donors (Lipinski definition) is 1. The van der Waals surface area contributed by atoms with Crippen LogP contribution in [0.25, 0.3) is 0 Å². The van der Waals surface area contributed by atoms with Crippen molar-refractivity contribution in [1.82, 2.24) is 0 Å². The van der Waals surface area contributed by atoms with E-state index < -0.39 is 11.9 Å². The maximum Gasteiger partial charge on any atom is 0.414 e. The van der Waals surface area contributed by atoms with E-state index in [-0.39, 0.29) is 6.10 Å². The first kappa shape index (κ1) is 10.6. The second-order valence-electron chi connectivity index (χ2n) is 4.54. The van der Waals surface area contributed by atoms with Crippen molar-refractivity contribution in [2.24, 2.45) is 0 Å². The Bertz CT molecular complexity index is 420. The highest BCUT2D eigenvalue weighted by molar-refractivity contribution is 5.84. The number of hydrogen-bond acceptors (Lipinski definition) is 3. The van der Waals surface area contributed by atoms with Crippen molar-refractivity contribution in [2.45, 2.75) is 37.6 Å². The average Bonchev–Trinajstić information content (AvgIpc) is 3.03. The quantitative estimate of drug-likeness (QED) is 0.799. The highest BCUT2D eigenvalue weighted by Gasteiger charge is 2.61. The highest BCUT2D eigenvalue weighted by Crippen LogP contribution is 2.48. The molecule has 0 spiro atoms. The fourth-order valence-corrected chi connectivity index (χ4v) is 2.37. The number of epoxide rings is 1. The summed E-state index contributed by atoms with van der Waals surface area (Å²) in [6, 6.07) is 9.28. The lowest BCUT2D eigenvalue weighted by Crippen LogP contribution is -2.29. The maximum atomic E-state index is 11.7. The molecular weight excluding hydrogens is 218 g/mol. The maximum absolute atomic E-state index is 11.7. The monoisotopic (exact) mass is 233 g/mol. The summed E-state index contributed by atoms with van der Waals surface area (Å²) in [4.78, 5) is 11.7. The van der Waals surface area contributed by atoms with Gasteiger partial charge in [-0.25, -0.2) is 4.79 Å². The molecule has 0 aromatic heterocycles. The van der Waals surface area contributed by atoms with Gasteiger partial charge in [-0.2, -0.15) is 0 Å². The van der Waals surface area contributed by atoms with Crippen molar-refractivity contribution >= 4 is 11.8 Å². The Morgan fingerprint density at radius 1 is 1.35 bits per heavy atom. The van der Waals surface area contributed by atoms with Gasteiger partial charge >= 0.3 is 6.09 Å². The molecule has 4 heteroatoms. The summed E-state index contributed by atoms with van der Waals surface area (Å²) in [5.74, 6) is -0.614. The summed E-state index contributed by atoms with van der Waals surface area (Å²) in [6.45, 7) is 0. The van der Waals surface area contributed by atoms with E-state index in [9.17, 15) is 4.79 Å². The molecule has 1 saturated carbocycles. The van der Waals surface area contributed by atoms with Crippen LogP contribution in [-0.2, 0) is 9.47 Å². The molecule has 1 aromatic rings. The second-order valence-corrected chi connectivity index (χ2v) is 4.54. The van der Waals surface area contributed by atoms with Gasteiger partial charge in [0.25, 0.3) is 0 Å². The van der Waals surface area contributed by atoms with Gasteiger partial charge in [-0.15, -0.1) is 0 Å². The molecule has 3 rings (SSSR count). The van der Waals surface area contributed by atoms with E-state index in [1.165, 1.54) is 0 Å². The van der Waals surface area contributed by atoms with E-state index in [0.717, 1.165) is 31.4 Å². The third kappa shape index (κ3) is 2.13. The molecule has 1 aromatic carbocycles. The van der Waals surface area contributed by atoms with E-state index in [1.807, 2.05) is 30.3 Å². The minimum absolute atomic E-state index is 0.123. The largest absolute Gasteiger partial charge is 0.414 e. The highest BCUT2D eigenvalue weighted by atomic mass is 16.8. The van der Waals surface area contributed by atoms with Crippen LogP contribution in [0.4, 0.5) is 10.5 Å². The first-order valence-corrected chi connectivity index (χ1v) is 6.01. The van der Waals surface area contributed by atoms with E-state index >= 15 is 0 Å². The summed E-state index contributed by atoms with van der Waals surface area (Å²) in [6.07, 6.45) is 3.74. The van der Waals surface area contributed by atoms with Crippen LogP contribution in [0.3, 0.4) is 0 Å². The van der Waals surface area contributed by atoms with Crippen molar-refractivity contribution < 1.29 is 14.3 Å². The third-order valence-corrected chi connectivity index (χ3v) is 3.30. The minimum Gasteiger partial charge on any atom is -0.414 e. The van der Waals surface area contributed by atoms with Gasteiger partial charge in [-0.05, 0) is 25.0 Å².